The highest BCUT2D eigenvalue weighted by Crippen LogP contribution is 2.31. The van der Waals surface area contributed by atoms with E-state index in [4.69, 9.17) is 15.2 Å². The molecule has 0 amide bonds. The predicted molar refractivity (Wildman–Crippen MR) is 64.3 cm³/mol. The average molecular weight is 227 g/mol. The molecule has 0 aromatic heterocycles. The first-order valence-electron chi connectivity index (χ1n) is 6.79. The Kier molecular flexibility index (Phi) is 5.07. The fourth-order valence-electron chi connectivity index (χ4n) is 2.93. The van der Waals surface area contributed by atoms with Gasteiger partial charge in [0.15, 0.2) is 0 Å². The molecule has 94 valence electrons. The van der Waals surface area contributed by atoms with Gasteiger partial charge in [-0.25, -0.2) is 0 Å². The second-order valence-corrected chi connectivity index (χ2v) is 5.21. The van der Waals surface area contributed by atoms with Crippen molar-refractivity contribution in [2.45, 2.75) is 44.6 Å². The first-order chi connectivity index (χ1) is 7.90. The lowest BCUT2D eigenvalue weighted by molar-refractivity contribution is -0.0487. The van der Waals surface area contributed by atoms with Crippen molar-refractivity contribution in [3.05, 3.63) is 0 Å². The normalized spacial score (nSPS) is 35.4. The van der Waals surface area contributed by atoms with Crippen LogP contribution < -0.4 is 5.73 Å². The third kappa shape index (κ3) is 3.44. The Morgan fingerprint density at radius 1 is 1.00 bits per heavy atom. The number of hydrogen-bond donors (Lipinski definition) is 1. The van der Waals surface area contributed by atoms with Crippen LogP contribution >= 0.6 is 0 Å². The maximum atomic E-state index is 5.81. The van der Waals surface area contributed by atoms with Crippen molar-refractivity contribution >= 4 is 0 Å². The van der Waals surface area contributed by atoms with Crippen LogP contribution in [0.4, 0.5) is 0 Å². The third-order valence-corrected chi connectivity index (χ3v) is 4.03. The largest absolute Gasteiger partial charge is 0.378 e. The molecule has 2 N–H and O–H groups in total. The van der Waals surface area contributed by atoms with Crippen molar-refractivity contribution in [1.29, 1.82) is 0 Å². The van der Waals surface area contributed by atoms with Gasteiger partial charge in [0.1, 0.15) is 0 Å². The molecule has 0 aromatic rings. The third-order valence-electron chi connectivity index (χ3n) is 4.03. The van der Waals surface area contributed by atoms with Crippen LogP contribution in [0.1, 0.15) is 38.5 Å². The van der Waals surface area contributed by atoms with Crippen molar-refractivity contribution < 1.29 is 9.47 Å². The Hall–Kier alpha value is -0.120. The fourth-order valence-corrected chi connectivity index (χ4v) is 2.93. The van der Waals surface area contributed by atoms with Crippen molar-refractivity contribution in [2.75, 3.05) is 26.4 Å². The van der Waals surface area contributed by atoms with Gasteiger partial charge >= 0.3 is 0 Å². The first kappa shape index (κ1) is 12.3. The van der Waals surface area contributed by atoms with Crippen molar-refractivity contribution in [3.63, 3.8) is 0 Å². The van der Waals surface area contributed by atoms with Crippen molar-refractivity contribution in [3.8, 4) is 0 Å². The van der Waals surface area contributed by atoms with Gasteiger partial charge in [0.2, 0.25) is 0 Å². The lowest BCUT2D eigenvalue weighted by Crippen LogP contribution is -2.27. The lowest BCUT2D eigenvalue weighted by Gasteiger charge is -2.24. The zero-order valence-electron chi connectivity index (χ0n) is 10.2. The van der Waals surface area contributed by atoms with E-state index in [0.29, 0.717) is 17.9 Å². The zero-order chi connectivity index (χ0) is 11.2. The summed E-state index contributed by atoms with van der Waals surface area (Å²) in [4.78, 5) is 0. The van der Waals surface area contributed by atoms with Gasteiger partial charge in [-0.2, -0.15) is 0 Å². The van der Waals surface area contributed by atoms with E-state index in [0.717, 1.165) is 26.4 Å². The SMILES string of the molecule is NCC1CCCC1COCC1CCCCO1. The fraction of sp³-hybridized carbons (Fsp3) is 1.00. The summed E-state index contributed by atoms with van der Waals surface area (Å²) in [5, 5.41) is 0. The molecule has 0 radical (unpaired) electrons. The summed E-state index contributed by atoms with van der Waals surface area (Å²) < 4.78 is 11.5. The summed E-state index contributed by atoms with van der Waals surface area (Å²) in [6, 6.07) is 0. The molecule has 3 atom stereocenters. The summed E-state index contributed by atoms with van der Waals surface area (Å²) in [7, 11) is 0. The molecule has 1 aliphatic heterocycles. The molecule has 0 bridgehead atoms. The van der Waals surface area contributed by atoms with Gasteiger partial charge in [-0.3, -0.25) is 0 Å². The molecule has 3 nitrogen and oxygen atoms in total. The van der Waals surface area contributed by atoms with E-state index in [1.807, 2.05) is 0 Å². The second kappa shape index (κ2) is 6.58. The van der Waals surface area contributed by atoms with Gasteiger partial charge in [-0.05, 0) is 50.5 Å². The van der Waals surface area contributed by atoms with Crippen LogP contribution in [0.2, 0.25) is 0 Å². The summed E-state index contributed by atoms with van der Waals surface area (Å²) in [5.74, 6) is 1.40. The summed E-state index contributed by atoms with van der Waals surface area (Å²) in [6.07, 6.45) is 7.96. The molecule has 0 spiro atoms. The van der Waals surface area contributed by atoms with Gasteiger partial charge in [-0.15, -0.1) is 0 Å². The van der Waals surface area contributed by atoms with E-state index in [9.17, 15) is 0 Å². The number of ether oxygens (including phenoxy) is 2. The second-order valence-electron chi connectivity index (χ2n) is 5.21. The van der Waals surface area contributed by atoms with E-state index >= 15 is 0 Å². The Morgan fingerprint density at radius 3 is 2.62 bits per heavy atom. The molecule has 1 saturated carbocycles. The number of hydrogen-bond acceptors (Lipinski definition) is 3. The summed E-state index contributed by atoms with van der Waals surface area (Å²) >= 11 is 0. The van der Waals surface area contributed by atoms with E-state index in [1.54, 1.807) is 0 Å². The molecule has 16 heavy (non-hydrogen) atoms. The number of nitrogens with two attached hydrogens (primary N) is 1. The first-order valence-corrected chi connectivity index (χ1v) is 6.79. The monoisotopic (exact) mass is 227 g/mol. The molecule has 2 rings (SSSR count). The Morgan fingerprint density at radius 2 is 1.88 bits per heavy atom. The van der Waals surface area contributed by atoms with Crippen LogP contribution in [0.5, 0.6) is 0 Å². The maximum Gasteiger partial charge on any atom is 0.0808 e. The smallest absolute Gasteiger partial charge is 0.0808 e. The quantitative estimate of drug-likeness (QED) is 0.780. The molecule has 3 unspecified atom stereocenters. The highest BCUT2D eigenvalue weighted by molar-refractivity contribution is 4.78. The average Bonchev–Trinajstić information content (AvgIpc) is 2.78. The van der Waals surface area contributed by atoms with E-state index in [-0.39, 0.29) is 0 Å². The van der Waals surface area contributed by atoms with Crippen LogP contribution in [0, 0.1) is 11.8 Å². The van der Waals surface area contributed by atoms with Gasteiger partial charge in [-0.1, -0.05) is 6.42 Å². The lowest BCUT2D eigenvalue weighted by atomic mass is 9.97. The van der Waals surface area contributed by atoms with Crippen LogP contribution in [0.15, 0.2) is 0 Å². The van der Waals surface area contributed by atoms with Crippen LogP contribution in [0.25, 0.3) is 0 Å². The van der Waals surface area contributed by atoms with E-state index in [1.165, 1.54) is 38.5 Å². The van der Waals surface area contributed by atoms with Gasteiger partial charge in [0.25, 0.3) is 0 Å². The van der Waals surface area contributed by atoms with Gasteiger partial charge < -0.3 is 15.2 Å². The van der Waals surface area contributed by atoms with Crippen LogP contribution in [-0.2, 0) is 9.47 Å². The molecular weight excluding hydrogens is 202 g/mol. The zero-order valence-corrected chi connectivity index (χ0v) is 10.2. The van der Waals surface area contributed by atoms with Gasteiger partial charge in [0.05, 0.1) is 12.7 Å². The van der Waals surface area contributed by atoms with Gasteiger partial charge in [0, 0.05) is 13.2 Å². The van der Waals surface area contributed by atoms with Crippen LogP contribution in [0.3, 0.4) is 0 Å². The Balaban J connectivity index is 1.59. The molecule has 1 aliphatic carbocycles. The summed E-state index contributed by atoms with van der Waals surface area (Å²) in [6.45, 7) is 3.42. The van der Waals surface area contributed by atoms with Crippen molar-refractivity contribution in [1.82, 2.24) is 0 Å². The molecular formula is C13H25NO2. The molecule has 1 heterocycles. The highest BCUT2D eigenvalue weighted by atomic mass is 16.5. The molecule has 1 saturated heterocycles. The Labute approximate surface area is 98.7 Å². The number of rotatable bonds is 5. The van der Waals surface area contributed by atoms with E-state index in [2.05, 4.69) is 0 Å². The molecule has 0 aromatic carbocycles. The standard InChI is InChI=1S/C13H25NO2/c14-8-11-4-3-5-12(11)9-15-10-13-6-1-2-7-16-13/h11-13H,1-10,14H2. The topological polar surface area (TPSA) is 44.5 Å². The molecule has 2 aliphatic rings. The minimum absolute atomic E-state index is 0.353. The summed E-state index contributed by atoms with van der Waals surface area (Å²) in [5.41, 5.74) is 5.76. The molecule has 3 heteroatoms. The maximum absolute atomic E-state index is 5.81. The Bertz CT molecular complexity index is 192. The minimum Gasteiger partial charge on any atom is -0.378 e. The highest BCUT2D eigenvalue weighted by Gasteiger charge is 2.26. The van der Waals surface area contributed by atoms with Crippen LogP contribution in [-0.4, -0.2) is 32.5 Å². The van der Waals surface area contributed by atoms with E-state index < -0.39 is 0 Å². The molecule has 2 fully saturated rings. The predicted octanol–water partition coefficient (Wildman–Crippen LogP) is 1.95. The van der Waals surface area contributed by atoms with Crippen molar-refractivity contribution in [2.24, 2.45) is 17.6 Å². The minimum atomic E-state index is 0.353.